The average molecular weight is 154 g/mol. The Morgan fingerprint density at radius 3 is 2.45 bits per heavy atom. The van der Waals surface area contributed by atoms with Crippen LogP contribution < -0.4 is 0 Å². The second-order valence-electron chi connectivity index (χ2n) is 4.40. The maximum Gasteiger partial charge on any atom is -0.0414 e. The summed E-state index contributed by atoms with van der Waals surface area (Å²) in [5, 5.41) is 0. The van der Waals surface area contributed by atoms with Gasteiger partial charge < -0.3 is 0 Å². The van der Waals surface area contributed by atoms with Gasteiger partial charge in [-0.25, -0.2) is 0 Å². The predicted molar refractivity (Wildman–Crippen MR) is 50.6 cm³/mol. The van der Waals surface area contributed by atoms with Crippen LogP contribution >= 0.6 is 0 Å². The summed E-state index contributed by atoms with van der Waals surface area (Å²) >= 11 is 0. The fraction of sp³-hybridized carbons (Fsp3) is 1.00. The zero-order valence-electron chi connectivity index (χ0n) is 8.27. The number of hydrogen-bond donors (Lipinski definition) is 0. The first kappa shape index (κ1) is 9.09. The fourth-order valence-electron chi connectivity index (χ4n) is 2.26. The Morgan fingerprint density at radius 2 is 1.82 bits per heavy atom. The van der Waals surface area contributed by atoms with Crippen molar-refractivity contribution in [3.63, 3.8) is 0 Å². The van der Waals surface area contributed by atoms with Crippen LogP contribution in [0.5, 0.6) is 0 Å². The lowest BCUT2D eigenvalue weighted by Crippen LogP contribution is -2.08. The van der Waals surface area contributed by atoms with Gasteiger partial charge in [0.25, 0.3) is 0 Å². The maximum absolute atomic E-state index is 2.43. The summed E-state index contributed by atoms with van der Waals surface area (Å²) < 4.78 is 0. The van der Waals surface area contributed by atoms with E-state index in [2.05, 4.69) is 20.8 Å². The summed E-state index contributed by atoms with van der Waals surface area (Å²) in [4.78, 5) is 0. The largest absolute Gasteiger partial charge is 0.0651 e. The van der Waals surface area contributed by atoms with Gasteiger partial charge in [0, 0.05) is 0 Å². The van der Waals surface area contributed by atoms with Crippen molar-refractivity contribution in [2.45, 2.75) is 52.9 Å². The third kappa shape index (κ3) is 2.50. The quantitative estimate of drug-likeness (QED) is 0.503. The first-order valence-corrected chi connectivity index (χ1v) is 5.24. The molecule has 1 aliphatic carbocycles. The molecule has 1 fully saturated rings. The molecule has 0 spiro atoms. The Kier molecular flexibility index (Phi) is 3.42. The van der Waals surface area contributed by atoms with Crippen LogP contribution in [0.25, 0.3) is 0 Å². The zero-order chi connectivity index (χ0) is 8.27. The molecular weight excluding hydrogens is 132 g/mol. The van der Waals surface area contributed by atoms with Crippen molar-refractivity contribution in [3.8, 4) is 0 Å². The molecule has 0 aromatic carbocycles. The van der Waals surface area contributed by atoms with E-state index in [9.17, 15) is 0 Å². The van der Waals surface area contributed by atoms with Crippen molar-refractivity contribution in [3.05, 3.63) is 0 Å². The first-order valence-electron chi connectivity index (χ1n) is 5.24. The molecule has 0 N–H and O–H groups in total. The van der Waals surface area contributed by atoms with Crippen LogP contribution in [-0.2, 0) is 0 Å². The lowest BCUT2D eigenvalue weighted by molar-refractivity contribution is 0.326. The van der Waals surface area contributed by atoms with Crippen LogP contribution in [0, 0.1) is 17.8 Å². The van der Waals surface area contributed by atoms with E-state index < -0.39 is 0 Å². The van der Waals surface area contributed by atoms with Crippen LogP contribution in [0.3, 0.4) is 0 Å². The van der Waals surface area contributed by atoms with Gasteiger partial charge in [0.15, 0.2) is 0 Å². The monoisotopic (exact) mass is 154 g/mol. The van der Waals surface area contributed by atoms with Gasteiger partial charge in [0.1, 0.15) is 0 Å². The van der Waals surface area contributed by atoms with Gasteiger partial charge in [-0.3, -0.25) is 0 Å². The van der Waals surface area contributed by atoms with Crippen molar-refractivity contribution in [1.82, 2.24) is 0 Å². The van der Waals surface area contributed by atoms with E-state index in [1.165, 1.54) is 32.1 Å². The molecule has 3 atom stereocenters. The first-order chi connectivity index (χ1) is 5.24. The summed E-state index contributed by atoms with van der Waals surface area (Å²) in [5.74, 6) is 2.99. The molecule has 11 heavy (non-hydrogen) atoms. The second-order valence-corrected chi connectivity index (χ2v) is 4.40. The molecule has 0 amide bonds. The summed E-state index contributed by atoms with van der Waals surface area (Å²) in [7, 11) is 0. The van der Waals surface area contributed by atoms with E-state index in [4.69, 9.17) is 0 Å². The molecule has 0 aliphatic heterocycles. The molecule has 0 radical (unpaired) electrons. The highest BCUT2D eigenvalue weighted by Crippen LogP contribution is 2.32. The van der Waals surface area contributed by atoms with Gasteiger partial charge in [-0.1, -0.05) is 46.5 Å². The van der Waals surface area contributed by atoms with Crippen LogP contribution in [0.4, 0.5) is 0 Å². The Labute approximate surface area is 71.4 Å². The lowest BCUT2D eigenvalue weighted by Gasteiger charge is -2.18. The topological polar surface area (TPSA) is 0 Å². The van der Waals surface area contributed by atoms with Crippen molar-refractivity contribution in [2.24, 2.45) is 17.8 Å². The Hall–Kier alpha value is 0. The molecule has 3 unspecified atom stereocenters. The van der Waals surface area contributed by atoms with Crippen LogP contribution in [-0.4, -0.2) is 0 Å². The highest BCUT2D eigenvalue weighted by Gasteiger charge is 2.20. The number of rotatable bonds is 1. The number of hydrogen-bond acceptors (Lipinski definition) is 0. The van der Waals surface area contributed by atoms with Gasteiger partial charge in [-0.15, -0.1) is 0 Å². The third-order valence-electron chi connectivity index (χ3n) is 3.53. The molecule has 0 nitrogen and oxygen atoms in total. The molecular formula is C11H22. The molecule has 1 saturated carbocycles. The van der Waals surface area contributed by atoms with Crippen molar-refractivity contribution >= 4 is 0 Å². The van der Waals surface area contributed by atoms with Crippen molar-refractivity contribution in [1.29, 1.82) is 0 Å². The smallest absolute Gasteiger partial charge is 0.0414 e. The SMILES string of the molecule is CCC1CCCC(C)C(C)C1. The lowest BCUT2D eigenvalue weighted by atomic mass is 9.88. The minimum atomic E-state index is 0.974. The maximum atomic E-state index is 2.43. The minimum absolute atomic E-state index is 0.974. The van der Waals surface area contributed by atoms with Crippen LogP contribution in [0.2, 0.25) is 0 Å². The highest BCUT2D eigenvalue weighted by atomic mass is 14.3. The molecule has 0 bridgehead atoms. The van der Waals surface area contributed by atoms with E-state index in [-0.39, 0.29) is 0 Å². The fourth-order valence-corrected chi connectivity index (χ4v) is 2.26. The van der Waals surface area contributed by atoms with E-state index in [1.807, 2.05) is 0 Å². The molecule has 1 rings (SSSR count). The van der Waals surface area contributed by atoms with Gasteiger partial charge in [-0.2, -0.15) is 0 Å². The molecule has 0 aromatic rings. The van der Waals surface area contributed by atoms with E-state index in [0.29, 0.717) is 0 Å². The van der Waals surface area contributed by atoms with Gasteiger partial charge in [0.2, 0.25) is 0 Å². The standard InChI is InChI=1S/C11H22/c1-4-11-7-5-6-9(2)10(3)8-11/h9-11H,4-8H2,1-3H3. The average Bonchev–Trinajstić information content (AvgIpc) is 2.15. The zero-order valence-corrected chi connectivity index (χ0v) is 8.27. The van der Waals surface area contributed by atoms with Crippen molar-refractivity contribution in [2.75, 3.05) is 0 Å². The van der Waals surface area contributed by atoms with Crippen molar-refractivity contribution < 1.29 is 0 Å². The summed E-state index contributed by atoms with van der Waals surface area (Å²) in [6.07, 6.45) is 7.32. The summed E-state index contributed by atoms with van der Waals surface area (Å²) in [6.45, 7) is 7.19. The van der Waals surface area contributed by atoms with Crippen LogP contribution in [0.1, 0.15) is 52.9 Å². The van der Waals surface area contributed by atoms with Gasteiger partial charge >= 0.3 is 0 Å². The van der Waals surface area contributed by atoms with E-state index in [0.717, 1.165) is 17.8 Å². The molecule has 66 valence electrons. The second kappa shape index (κ2) is 4.13. The Morgan fingerprint density at radius 1 is 1.09 bits per heavy atom. The molecule has 0 heteroatoms. The molecule has 0 aromatic heterocycles. The summed E-state index contributed by atoms with van der Waals surface area (Å²) in [6, 6.07) is 0. The molecule has 0 saturated heterocycles. The normalized spacial score (nSPS) is 40.1. The van der Waals surface area contributed by atoms with Gasteiger partial charge in [-0.05, 0) is 24.2 Å². The van der Waals surface area contributed by atoms with Gasteiger partial charge in [0.05, 0.1) is 0 Å². The highest BCUT2D eigenvalue weighted by molar-refractivity contribution is 4.72. The Bertz CT molecular complexity index is 107. The van der Waals surface area contributed by atoms with E-state index >= 15 is 0 Å². The molecule has 0 heterocycles. The third-order valence-corrected chi connectivity index (χ3v) is 3.53. The van der Waals surface area contributed by atoms with E-state index in [1.54, 1.807) is 0 Å². The minimum Gasteiger partial charge on any atom is -0.0651 e. The molecule has 1 aliphatic rings. The van der Waals surface area contributed by atoms with Crippen LogP contribution in [0.15, 0.2) is 0 Å². The predicted octanol–water partition coefficient (Wildman–Crippen LogP) is 3.86. The summed E-state index contributed by atoms with van der Waals surface area (Å²) in [5.41, 5.74) is 0. The Balaban J connectivity index is 2.41.